The first kappa shape index (κ1) is 9.21. The molecule has 1 aliphatic rings. The highest BCUT2D eigenvalue weighted by molar-refractivity contribution is 5.87. The molecule has 14 heavy (non-hydrogen) atoms. The van der Waals surface area contributed by atoms with Crippen molar-refractivity contribution in [1.29, 1.82) is 0 Å². The minimum atomic E-state index is -0.962. The molecule has 1 aromatic rings. The quantitative estimate of drug-likeness (QED) is 0.688. The van der Waals surface area contributed by atoms with E-state index >= 15 is 0 Å². The second-order valence-corrected chi connectivity index (χ2v) is 4.03. The number of hydrogen-bond acceptors (Lipinski definition) is 2. The average Bonchev–Trinajstić information content (AvgIpc) is 2.42. The smallest absolute Gasteiger partial charge is 0.242 e. The largest absolute Gasteiger partial charge is 0.368 e. The van der Waals surface area contributed by atoms with Crippen molar-refractivity contribution < 1.29 is 4.79 Å². The molecule has 2 atom stereocenters. The van der Waals surface area contributed by atoms with Gasteiger partial charge in [-0.15, -0.1) is 0 Å². The van der Waals surface area contributed by atoms with E-state index in [1.807, 2.05) is 24.3 Å². The zero-order valence-electron chi connectivity index (χ0n) is 8.16. The Morgan fingerprint density at radius 2 is 2.14 bits per heavy atom. The van der Waals surface area contributed by atoms with Crippen molar-refractivity contribution in [2.24, 2.45) is 11.5 Å². The standard InChI is InChI=1S/C11H14N2O/c1-7-6-11(13,10(12)14)9-5-3-2-4-8(7)9/h2-5,7H,6,13H2,1H3,(H2,12,14). The predicted molar refractivity (Wildman–Crippen MR) is 54.5 cm³/mol. The lowest BCUT2D eigenvalue weighted by atomic mass is 9.92. The van der Waals surface area contributed by atoms with E-state index in [1.54, 1.807) is 0 Å². The molecule has 1 aromatic carbocycles. The van der Waals surface area contributed by atoms with Crippen LogP contribution in [-0.2, 0) is 10.3 Å². The number of nitrogens with two attached hydrogens (primary N) is 2. The van der Waals surface area contributed by atoms with Crippen LogP contribution in [0.15, 0.2) is 24.3 Å². The lowest BCUT2D eigenvalue weighted by Crippen LogP contribution is -2.47. The van der Waals surface area contributed by atoms with Gasteiger partial charge in [0.15, 0.2) is 0 Å². The Balaban J connectivity index is 2.59. The Kier molecular flexibility index (Phi) is 1.86. The zero-order chi connectivity index (χ0) is 10.3. The van der Waals surface area contributed by atoms with Crippen molar-refractivity contribution in [1.82, 2.24) is 0 Å². The van der Waals surface area contributed by atoms with Crippen LogP contribution in [0.3, 0.4) is 0 Å². The summed E-state index contributed by atoms with van der Waals surface area (Å²) in [6, 6.07) is 7.75. The van der Waals surface area contributed by atoms with Crippen molar-refractivity contribution >= 4 is 5.91 Å². The first-order valence-corrected chi connectivity index (χ1v) is 4.74. The van der Waals surface area contributed by atoms with E-state index < -0.39 is 11.4 Å². The maximum atomic E-state index is 11.3. The molecule has 0 bridgehead atoms. The Bertz CT molecular complexity index is 389. The summed E-state index contributed by atoms with van der Waals surface area (Å²) in [5, 5.41) is 0. The molecule has 0 saturated carbocycles. The molecule has 0 saturated heterocycles. The molecule has 2 rings (SSSR count). The van der Waals surface area contributed by atoms with Gasteiger partial charge >= 0.3 is 0 Å². The summed E-state index contributed by atoms with van der Waals surface area (Å²) in [5.74, 6) is -0.127. The molecule has 4 N–H and O–H groups in total. The van der Waals surface area contributed by atoms with Crippen molar-refractivity contribution in [3.05, 3.63) is 35.4 Å². The van der Waals surface area contributed by atoms with Gasteiger partial charge in [-0.2, -0.15) is 0 Å². The second-order valence-electron chi connectivity index (χ2n) is 4.03. The van der Waals surface area contributed by atoms with Crippen LogP contribution in [0.4, 0.5) is 0 Å². The second kappa shape index (κ2) is 2.82. The van der Waals surface area contributed by atoms with Crippen LogP contribution in [0.5, 0.6) is 0 Å². The van der Waals surface area contributed by atoms with E-state index in [2.05, 4.69) is 6.92 Å². The molecule has 0 heterocycles. The van der Waals surface area contributed by atoms with Crippen molar-refractivity contribution in [3.8, 4) is 0 Å². The van der Waals surface area contributed by atoms with Gasteiger partial charge in [-0.3, -0.25) is 4.79 Å². The molecular formula is C11H14N2O. The van der Waals surface area contributed by atoms with Gasteiger partial charge < -0.3 is 11.5 Å². The zero-order valence-corrected chi connectivity index (χ0v) is 8.16. The van der Waals surface area contributed by atoms with E-state index in [-0.39, 0.29) is 0 Å². The van der Waals surface area contributed by atoms with Gasteiger partial charge in [0.05, 0.1) is 0 Å². The molecule has 3 heteroatoms. The summed E-state index contributed by atoms with van der Waals surface area (Å²) in [7, 11) is 0. The van der Waals surface area contributed by atoms with Crippen molar-refractivity contribution in [3.63, 3.8) is 0 Å². The molecule has 0 aliphatic heterocycles. The van der Waals surface area contributed by atoms with E-state index in [1.165, 1.54) is 0 Å². The summed E-state index contributed by atoms with van der Waals surface area (Å²) < 4.78 is 0. The lowest BCUT2D eigenvalue weighted by molar-refractivity contribution is -0.123. The Hall–Kier alpha value is -1.35. The number of hydrogen-bond donors (Lipinski definition) is 2. The molecule has 1 amide bonds. The Morgan fingerprint density at radius 3 is 2.79 bits per heavy atom. The van der Waals surface area contributed by atoms with Crippen LogP contribution in [0.2, 0.25) is 0 Å². The SMILES string of the molecule is CC1CC(N)(C(N)=O)c2ccccc21. The third-order valence-electron chi connectivity index (χ3n) is 3.04. The highest BCUT2D eigenvalue weighted by Crippen LogP contribution is 2.42. The van der Waals surface area contributed by atoms with E-state index in [0.717, 1.165) is 11.1 Å². The van der Waals surface area contributed by atoms with Gasteiger partial charge in [0.25, 0.3) is 0 Å². The average molecular weight is 190 g/mol. The molecule has 2 unspecified atom stereocenters. The molecule has 74 valence electrons. The summed E-state index contributed by atoms with van der Waals surface area (Å²) >= 11 is 0. The van der Waals surface area contributed by atoms with Gasteiger partial charge in [-0.25, -0.2) is 0 Å². The maximum absolute atomic E-state index is 11.3. The Morgan fingerprint density at radius 1 is 1.50 bits per heavy atom. The third-order valence-corrected chi connectivity index (χ3v) is 3.04. The van der Waals surface area contributed by atoms with Gasteiger partial charge in [-0.1, -0.05) is 31.2 Å². The molecule has 0 spiro atoms. The van der Waals surface area contributed by atoms with Crippen LogP contribution >= 0.6 is 0 Å². The highest BCUT2D eigenvalue weighted by atomic mass is 16.1. The molecule has 1 aliphatic carbocycles. The normalized spacial score (nSPS) is 30.0. The monoisotopic (exact) mass is 190 g/mol. The van der Waals surface area contributed by atoms with E-state index in [4.69, 9.17) is 11.5 Å². The van der Waals surface area contributed by atoms with Crippen LogP contribution in [0.1, 0.15) is 30.4 Å². The molecule has 3 nitrogen and oxygen atoms in total. The van der Waals surface area contributed by atoms with Crippen LogP contribution in [-0.4, -0.2) is 5.91 Å². The minimum absolute atomic E-state index is 0.309. The number of rotatable bonds is 1. The molecular weight excluding hydrogens is 176 g/mol. The fraction of sp³-hybridized carbons (Fsp3) is 0.364. The first-order chi connectivity index (χ1) is 6.55. The maximum Gasteiger partial charge on any atom is 0.242 e. The summed E-state index contributed by atoms with van der Waals surface area (Å²) in [4.78, 5) is 11.3. The molecule has 0 radical (unpaired) electrons. The van der Waals surface area contributed by atoms with Crippen LogP contribution in [0.25, 0.3) is 0 Å². The van der Waals surface area contributed by atoms with Gasteiger partial charge in [0.2, 0.25) is 5.91 Å². The van der Waals surface area contributed by atoms with Gasteiger partial charge in [-0.05, 0) is 23.5 Å². The lowest BCUT2D eigenvalue weighted by Gasteiger charge is -2.20. The number of carbonyl (C=O) groups excluding carboxylic acids is 1. The number of carbonyl (C=O) groups is 1. The minimum Gasteiger partial charge on any atom is -0.368 e. The van der Waals surface area contributed by atoms with Crippen molar-refractivity contribution in [2.45, 2.75) is 24.8 Å². The van der Waals surface area contributed by atoms with Crippen LogP contribution in [0, 0.1) is 0 Å². The van der Waals surface area contributed by atoms with E-state index in [9.17, 15) is 4.79 Å². The Labute approximate surface area is 83.1 Å². The first-order valence-electron chi connectivity index (χ1n) is 4.74. The van der Waals surface area contributed by atoms with Gasteiger partial charge in [0, 0.05) is 0 Å². The number of primary amides is 1. The van der Waals surface area contributed by atoms with E-state index in [0.29, 0.717) is 12.3 Å². The third kappa shape index (κ3) is 1.06. The topological polar surface area (TPSA) is 69.1 Å². The number of benzene rings is 1. The summed E-state index contributed by atoms with van der Waals surface area (Å²) in [6.07, 6.45) is 0.613. The molecule has 0 fully saturated rings. The molecule has 0 aromatic heterocycles. The number of fused-ring (bicyclic) bond motifs is 1. The fourth-order valence-electron chi connectivity index (χ4n) is 2.27. The number of amides is 1. The van der Waals surface area contributed by atoms with Gasteiger partial charge in [0.1, 0.15) is 5.54 Å². The predicted octanol–water partition coefficient (Wildman–Crippen LogP) is 0.833. The summed E-state index contributed by atoms with van der Waals surface area (Å²) in [6.45, 7) is 2.07. The van der Waals surface area contributed by atoms with Crippen LogP contribution < -0.4 is 11.5 Å². The fourth-order valence-corrected chi connectivity index (χ4v) is 2.27. The summed E-state index contributed by atoms with van der Waals surface area (Å²) in [5.41, 5.74) is 12.4. The highest BCUT2D eigenvalue weighted by Gasteiger charge is 2.43. The van der Waals surface area contributed by atoms with Crippen molar-refractivity contribution in [2.75, 3.05) is 0 Å².